The minimum atomic E-state index is -5.14. The third-order valence-electron chi connectivity index (χ3n) is 3.90. The molecule has 0 amide bonds. The first-order valence-electron chi connectivity index (χ1n) is 7.15. The second-order valence-corrected chi connectivity index (χ2v) is 6.48. The monoisotopic (exact) mass is 449 g/mol. The molecule has 3 nitrogen and oxygen atoms in total. The Bertz CT molecular complexity index is 1000. The molecule has 0 spiro atoms. The zero-order valence-corrected chi connectivity index (χ0v) is 14.5. The van der Waals surface area contributed by atoms with E-state index < -0.39 is 46.5 Å². The van der Waals surface area contributed by atoms with Gasteiger partial charge in [0, 0.05) is 15.6 Å². The predicted octanol–water partition coefficient (Wildman–Crippen LogP) is 5.97. The number of nitriles is 1. The molecule has 0 bridgehead atoms. The molecule has 2 aromatic rings. The fourth-order valence-corrected chi connectivity index (χ4v) is 3.17. The number of Topliss-reactive ketones (excluding diaryl/α,β-unsaturated/α-hetero) is 1. The van der Waals surface area contributed by atoms with Gasteiger partial charge in [-0.25, -0.2) is 8.78 Å². The second-order valence-electron chi connectivity index (χ2n) is 5.57. The highest BCUT2D eigenvalue weighted by Gasteiger charge is 2.70. The Balaban J connectivity index is 2.19. The van der Waals surface area contributed by atoms with E-state index in [9.17, 15) is 31.1 Å². The highest BCUT2D eigenvalue weighted by Crippen LogP contribution is 2.55. The van der Waals surface area contributed by atoms with Crippen LogP contribution < -0.4 is 4.74 Å². The van der Waals surface area contributed by atoms with E-state index in [4.69, 9.17) is 10.00 Å². The summed E-state index contributed by atoms with van der Waals surface area (Å²) in [6.45, 7) is 0. The summed E-state index contributed by atoms with van der Waals surface area (Å²) in [6.07, 6.45) is -3.54. The van der Waals surface area contributed by atoms with Gasteiger partial charge in [-0.15, -0.1) is 0 Å². The molecule has 1 aliphatic rings. The molecule has 0 aliphatic heterocycles. The molecule has 0 atom stereocenters. The summed E-state index contributed by atoms with van der Waals surface area (Å²) in [5.41, 5.74) is -4.19. The van der Waals surface area contributed by atoms with Gasteiger partial charge in [-0.2, -0.15) is 22.8 Å². The van der Waals surface area contributed by atoms with Crippen molar-refractivity contribution in [1.82, 2.24) is 0 Å². The van der Waals surface area contributed by atoms with Crippen molar-refractivity contribution in [2.24, 2.45) is 0 Å². The Morgan fingerprint density at radius 3 is 2.33 bits per heavy atom. The van der Waals surface area contributed by atoms with Crippen LogP contribution in [0.2, 0.25) is 0 Å². The van der Waals surface area contributed by atoms with Crippen molar-refractivity contribution in [1.29, 1.82) is 5.26 Å². The third-order valence-corrected chi connectivity index (χ3v) is 4.35. The van der Waals surface area contributed by atoms with E-state index in [0.717, 1.165) is 6.07 Å². The summed E-state index contributed by atoms with van der Waals surface area (Å²) in [6, 6.07) is 6.76. The zero-order valence-electron chi connectivity index (χ0n) is 12.9. The third kappa shape index (κ3) is 2.86. The summed E-state index contributed by atoms with van der Waals surface area (Å²) in [5, 5.41) is 8.91. The Morgan fingerprint density at radius 2 is 1.74 bits per heavy atom. The topological polar surface area (TPSA) is 50.1 Å². The Morgan fingerprint density at radius 1 is 1.07 bits per heavy atom. The number of carbonyl (C=O) groups excluding carboxylic acids is 1. The van der Waals surface area contributed by atoms with E-state index in [0.29, 0.717) is 16.6 Å². The van der Waals surface area contributed by atoms with Gasteiger partial charge in [0.2, 0.25) is 5.78 Å². The van der Waals surface area contributed by atoms with Gasteiger partial charge in [-0.05, 0) is 30.3 Å². The van der Waals surface area contributed by atoms with Crippen LogP contribution in [-0.2, 0) is 5.92 Å². The highest BCUT2D eigenvalue weighted by molar-refractivity contribution is 9.10. The van der Waals surface area contributed by atoms with E-state index in [2.05, 4.69) is 15.9 Å². The van der Waals surface area contributed by atoms with E-state index in [1.54, 1.807) is 6.07 Å². The number of nitrogens with zero attached hydrogens (tertiary/aromatic N) is 1. The minimum Gasteiger partial charge on any atom is -0.457 e. The average molecular weight is 450 g/mol. The van der Waals surface area contributed by atoms with Crippen molar-refractivity contribution in [2.45, 2.75) is 18.3 Å². The number of alkyl halides is 6. The predicted molar refractivity (Wildman–Crippen MR) is 83.5 cm³/mol. The number of fused-ring (bicyclic) bond motifs is 1. The van der Waals surface area contributed by atoms with Crippen LogP contribution in [0.25, 0.3) is 0 Å². The van der Waals surface area contributed by atoms with E-state index in [1.165, 1.54) is 12.1 Å². The molecule has 1 aliphatic carbocycles. The van der Waals surface area contributed by atoms with Crippen molar-refractivity contribution in [3.63, 3.8) is 0 Å². The maximum absolute atomic E-state index is 13.8. The van der Waals surface area contributed by atoms with Gasteiger partial charge in [0.05, 0.1) is 17.2 Å². The number of benzene rings is 2. The van der Waals surface area contributed by atoms with Crippen molar-refractivity contribution >= 4 is 21.7 Å². The number of rotatable bonds is 3. The summed E-state index contributed by atoms with van der Waals surface area (Å²) >= 11 is 3.07. The van der Waals surface area contributed by atoms with Crippen LogP contribution in [0.3, 0.4) is 0 Å². The molecule has 0 fully saturated rings. The van der Waals surface area contributed by atoms with Gasteiger partial charge in [-0.3, -0.25) is 4.79 Å². The van der Waals surface area contributed by atoms with Gasteiger partial charge in [0.15, 0.2) is 0 Å². The molecular formula is C17H6BrF6NO2. The summed E-state index contributed by atoms with van der Waals surface area (Å²) in [5.74, 6) is -13.3. The Kier molecular flexibility index (Phi) is 4.46. The molecule has 27 heavy (non-hydrogen) atoms. The van der Waals surface area contributed by atoms with Crippen molar-refractivity contribution < 1.29 is 35.9 Å². The fourth-order valence-electron chi connectivity index (χ4n) is 2.69. The smallest absolute Gasteiger partial charge is 0.376 e. The molecule has 10 heteroatoms. The van der Waals surface area contributed by atoms with Crippen LogP contribution in [0, 0.1) is 11.3 Å². The van der Waals surface area contributed by atoms with Crippen molar-refractivity contribution in [3.8, 4) is 17.6 Å². The number of carbonyl (C=O) groups is 1. The molecule has 0 N–H and O–H groups in total. The first-order chi connectivity index (χ1) is 12.5. The maximum Gasteiger partial charge on any atom is 0.376 e. The van der Waals surface area contributed by atoms with Crippen LogP contribution >= 0.6 is 15.9 Å². The molecule has 0 aromatic heterocycles. The Hall–Kier alpha value is -2.54. The molecule has 0 radical (unpaired) electrons. The number of ether oxygens (including phenoxy) is 1. The van der Waals surface area contributed by atoms with Crippen molar-refractivity contribution in [3.05, 3.63) is 57.1 Å². The molecule has 2 aromatic carbocycles. The zero-order chi connectivity index (χ0) is 20.1. The largest absolute Gasteiger partial charge is 0.457 e. The number of hydrogen-bond donors (Lipinski definition) is 0. The normalized spacial score (nSPS) is 16.9. The minimum absolute atomic E-state index is 0.0910. The van der Waals surface area contributed by atoms with Gasteiger partial charge >= 0.3 is 11.8 Å². The quantitative estimate of drug-likeness (QED) is 0.542. The maximum atomic E-state index is 13.8. The fraction of sp³-hybridized carbons (Fsp3) is 0.176. The SMILES string of the molecule is N#Cc1cc(Br)cc(Oc2ccc3c(c2C(F)F)C(=O)C(F)(F)C3(F)F)c1. The highest BCUT2D eigenvalue weighted by atomic mass is 79.9. The lowest BCUT2D eigenvalue weighted by Crippen LogP contribution is -2.38. The van der Waals surface area contributed by atoms with Crippen LogP contribution in [0.5, 0.6) is 11.5 Å². The molecule has 3 rings (SSSR count). The first kappa shape index (κ1) is 19.2. The van der Waals surface area contributed by atoms with Gasteiger partial charge in [-0.1, -0.05) is 15.9 Å². The molecule has 0 unspecified atom stereocenters. The molecule has 140 valence electrons. The Labute approximate surface area is 156 Å². The van der Waals surface area contributed by atoms with Gasteiger partial charge in [0.1, 0.15) is 11.5 Å². The van der Waals surface area contributed by atoms with E-state index in [1.807, 2.05) is 0 Å². The lowest BCUT2D eigenvalue weighted by molar-refractivity contribution is -0.176. The average Bonchev–Trinajstić information content (AvgIpc) is 2.71. The lowest BCUT2D eigenvalue weighted by Gasteiger charge is -2.17. The summed E-state index contributed by atoms with van der Waals surface area (Å²) in [4.78, 5) is 11.7. The van der Waals surface area contributed by atoms with Crippen LogP contribution in [0.15, 0.2) is 34.8 Å². The van der Waals surface area contributed by atoms with Crippen LogP contribution in [-0.4, -0.2) is 11.7 Å². The van der Waals surface area contributed by atoms with E-state index >= 15 is 0 Å². The van der Waals surface area contributed by atoms with Gasteiger partial charge in [0.25, 0.3) is 6.43 Å². The van der Waals surface area contributed by atoms with Crippen LogP contribution in [0.4, 0.5) is 26.3 Å². The number of halogens is 7. The lowest BCUT2D eigenvalue weighted by atomic mass is 10.0. The van der Waals surface area contributed by atoms with Crippen molar-refractivity contribution in [2.75, 3.05) is 0 Å². The van der Waals surface area contributed by atoms with E-state index in [-0.39, 0.29) is 11.3 Å². The summed E-state index contributed by atoms with van der Waals surface area (Å²) < 4.78 is 87.5. The van der Waals surface area contributed by atoms with Crippen LogP contribution in [0.1, 0.15) is 33.5 Å². The molecular weight excluding hydrogens is 444 g/mol. The molecule has 0 saturated heterocycles. The summed E-state index contributed by atoms with van der Waals surface area (Å²) in [7, 11) is 0. The number of ketones is 1. The first-order valence-corrected chi connectivity index (χ1v) is 7.94. The number of hydrogen-bond acceptors (Lipinski definition) is 3. The second kappa shape index (κ2) is 6.27. The molecule has 0 saturated carbocycles. The molecule has 0 heterocycles. The standard InChI is InChI=1S/C17H6BrF6NO2/c18-8-3-7(6-25)4-9(5-8)27-11-2-1-10-12(13(11)15(19)20)14(26)17(23,24)16(10,21)22/h1-5,15H. The van der Waals surface area contributed by atoms with Gasteiger partial charge < -0.3 is 4.74 Å².